The van der Waals surface area contributed by atoms with Gasteiger partial charge in [-0.05, 0) is 35.7 Å². The molecule has 6 rings (SSSR count). The summed E-state index contributed by atoms with van der Waals surface area (Å²) in [6.45, 7) is 6.78. The van der Waals surface area contributed by atoms with Gasteiger partial charge in [0.2, 0.25) is 0 Å². The van der Waals surface area contributed by atoms with E-state index in [4.69, 9.17) is 0 Å². The minimum absolute atomic E-state index is 0. The van der Waals surface area contributed by atoms with Gasteiger partial charge in [0.15, 0.2) is 0 Å². The number of halogens is 2. The highest BCUT2D eigenvalue weighted by atomic mass is 79.9. The van der Waals surface area contributed by atoms with Crippen LogP contribution in [0.1, 0.15) is 30.1 Å². The SMILES string of the molecule is C=CC1C[N+]2(Cc3cccc(F)c3)CCC1CC2[C@H](O)c1ccnc2ccccc12.[Br-]. The molecule has 1 aromatic heterocycles. The highest BCUT2D eigenvalue weighted by Crippen LogP contribution is 2.48. The number of fused-ring (bicyclic) bond motifs is 4. The van der Waals surface area contributed by atoms with Crippen LogP contribution in [0.15, 0.2) is 73.4 Å². The summed E-state index contributed by atoms with van der Waals surface area (Å²) in [5.41, 5.74) is 2.85. The Morgan fingerprint density at radius 1 is 1.19 bits per heavy atom. The molecule has 1 N–H and O–H groups in total. The van der Waals surface area contributed by atoms with Crippen LogP contribution in [0.5, 0.6) is 0 Å². The third kappa shape index (κ3) is 3.95. The predicted molar refractivity (Wildman–Crippen MR) is 117 cm³/mol. The Hall–Kier alpha value is -2.08. The number of hydrogen-bond acceptors (Lipinski definition) is 2. The summed E-state index contributed by atoms with van der Waals surface area (Å²) >= 11 is 0. The first-order valence-corrected chi connectivity index (χ1v) is 10.8. The van der Waals surface area contributed by atoms with Gasteiger partial charge in [0.05, 0.1) is 18.6 Å². The van der Waals surface area contributed by atoms with Crippen LogP contribution in [-0.2, 0) is 6.54 Å². The summed E-state index contributed by atoms with van der Waals surface area (Å²) in [6.07, 6.45) is 5.39. The first-order chi connectivity index (χ1) is 14.6. The van der Waals surface area contributed by atoms with Crippen molar-refractivity contribution in [3.63, 3.8) is 0 Å². The van der Waals surface area contributed by atoms with Gasteiger partial charge in [0.25, 0.3) is 0 Å². The third-order valence-electron chi connectivity index (χ3n) is 7.43. The van der Waals surface area contributed by atoms with Crippen molar-refractivity contribution in [2.24, 2.45) is 11.8 Å². The van der Waals surface area contributed by atoms with E-state index < -0.39 is 6.10 Å². The number of aliphatic hydroxyl groups is 1. The molecule has 2 bridgehead atoms. The molecule has 4 heterocycles. The van der Waals surface area contributed by atoms with E-state index >= 15 is 0 Å². The third-order valence-corrected chi connectivity index (χ3v) is 7.43. The van der Waals surface area contributed by atoms with Gasteiger partial charge in [0.1, 0.15) is 24.5 Å². The molecule has 5 heteroatoms. The summed E-state index contributed by atoms with van der Waals surface area (Å²) in [4.78, 5) is 4.47. The molecule has 3 aliphatic heterocycles. The van der Waals surface area contributed by atoms with Gasteiger partial charge in [-0.25, -0.2) is 4.39 Å². The number of aliphatic hydroxyl groups excluding tert-OH is 1. The molecule has 3 aromatic rings. The molecular weight excluding hydrogens is 455 g/mol. The van der Waals surface area contributed by atoms with Crippen LogP contribution in [0.3, 0.4) is 0 Å². The summed E-state index contributed by atoms with van der Waals surface area (Å²) in [5.74, 6) is 0.808. The Kier molecular flexibility index (Phi) is 6.29. The predicted octanol–water partition coefficient (Wildman–Crippen LogP) is 2.02. The number of hydrogen-bond donors (Lipinski definition) is 1. The lowest BCUT2D eigenvalue weighted by atomic mass is 9.71. The van der Waals surface area contributed by atoms with E-state index in [9.17, 15) is 9.50 Å². The largest absolute Gasteiger partial charge is 1.00 e. The number of para-hydroxylation sites is 1. The number of aromatic nitrogens is 1. The Morgan fingerprint density at radius 2 is 2.03 bits per heavy atom. The van der Waals surface area contributed by atoms with E-state index in [-0.39, 0.29) is 28.8 Å². The van der Waals surface area contributed by atoms with E-state index in [1.165, 1.54) is 6.07 Å². The molecule has 3 saturated heterocycles. The smallest absolute Gasteiger partial charge is 0.131 e. The molecule has 4 unspecified atom stereocenters. The van der Waals surface area contributed by atoms with Crippen molar-refractivity contribution >= 4 is 10.9 Å². The van der Waals surface area contributed by atoms with Crippen LogP contribution in [0, 0.1) is 17.7 Å². The number of pyridine rings is 1. The molecule has 0 aliphatic carbocycles. The minimum atomic E-state index is -0.583. The fraction of sp³-hybridized carbons (Fsp3) is 0.346. The summed E-state index contributed by atoms with van der Waals surface area (Å²) in [5, 5.41) is 12.7. The fourth-order valence-corrected chi connectivity index (χ4v) is 5.96. The van der Waals surface area contributed by atoms with Gasteiger partial charge < -0.3 is 26.6 Å². The zero-order valence-corrected chi connectivity index (χ0v) is 19.1. The van der Waals surface area contributed by atoms with Crippen molar-refractivity contribution in [3.8, 4) is 0 Å². The molecule has 0 amide bonds. The maximum absolute atomic E-state index is 13.9. The van der Waals surface area contributed by atoms with Crippen molar-refractivity contribution in [2.75, 3.05) is 13.1 Å². The van der Waals surface area contributed by atoms with Crippen LogP contribution in [0.4, 0.5) is 4.39 Å². The molecular formula is C26H28BrFN2O. The molecule has 2 aromatic carbocycles. The summed E-state index contributed by atoms with van der Waals surface area (Å²) in [7, 11) is 0. The Bertz CT molecular complexity index is 1080. The van der Waals surface area contributed by atoms with Crippen molar-refractivity contribution in [1.29, 1.82) is 0 Å². The van der Waals surface area contributed by atoms with Gasteiger partial charge in [-0.1, -0.05) is 36.4 Å². The van der Waals surface area contributed by atoms with Gasteiger partial charge in [-0.3, -0.25) is 4.98 Å². The lowest BCUT2D eigenvalue weighted by Gasteiger charge is -2.58. The minimum Gasteiger partial charge on any atom is -1.00 e. The molecule has 5 atom stereocenters. The number of piperidine rings is 3. The lowest BCUT2D eigenvalue weighted by Crippen LogP contribution is -3.00. The summed E-state index contributed by atoms with van der Waals surface area (Å²) < 4.78 is 14.7. The number of benzene rings is 2. The van der Waals surface area contributed by atoms with Crippen molar-refractivity contribution in [1.82, 2.24) is 4.98 Å². The van der Waals surface area contributed by atoms with Crippen LogP contribution in [0.2, 0.25) is 0 Å². The van der Waals surface area contributed by atoms with Crippen LogP contribution < -0.4 is 17.0 Å². The monoisotopic (exact) mass is 482 g/mol. The molecule has 3 aliphatic rings. The number of rotatable bonds is 5. The van der Waals surface area contributed by atoms with Gasteiger partial charge in [-0.15, -0.1) is 6.58 Å². The van der Waals surface area contributed by atoms with E-state index in [1.54, 1.807) is 18.3 Å². The Morgan fingerprint density at radius 3 is 2.84 bits per heavy atom. The Balaban J connectivity index is 0.00000231. The lowest BCUT2D eigenvalue weighted by molar-refractivity contribution is -0.984. The number of nitrogens with zero attached hydrogens (tertiary/aromatic N) is 2. The normalized spacial score (nSPS) is 28.1. The molecule has 0 saturated carbocycles. The zero-order valence-electron chi connectivity index (χ0n) is 17.5. The maximum Gasteiger partial charge on any atom is 0.131 e. The second-order valence-corrected chi connectivity index (χ2v) is 9.03. The zero-order chi connectivity index (χ0) is 20.7. The van der Waals surface area contributed by atoms with E-state index in [0.717, 1.165) is 59.0 Å². The topological polar surface area (TPSA) is 33.1 Å². The van der Waals surface area contributed by atoms with E-state index in [2.05, 4.69) is 17.6 Å². The van der Waals surface area contributed by atoms with Gasteiger partial charge in [0, 0.05) is 35.9 Å². The standard InChI is InChI=1S/C26H28FN2O.BrH/c1-2-19-17-29(16-18-6-5-7-21(27)14-18)13-11-20(19)15-25(29)26(30)23-10-12-28-24-9-4-3-8-22(23)24;/h2-10,12,14,19-20,25-26,30H,1,11,13,15-17H2;1H/q+1;/p-1/t19?,20?,25?,26-,29?;/m1./s1. The first-order valence-electron chi connectivity index (χ1n) is 10.8. The van der Waals surface area contributed by atoms with E-state index in [0.29, 0.717) is 11.8 Å². The van der Waals surface area contributed by atoms with E-state index in [1.807, 2.05) is 36.4 Å². The van der Waals surface area contributed by atoms with Gasteiger partial charge >= 0.3 is 0 Å². The van der Waals surface area contributed by atoms with Crippen molar-refractivity contribution in [3.05, 3.63) is 90.4 Å². The molecule has 162 valence electrons. The quantitative estimate of drug-likeness (QED) is 0.445. The van der Waals surface area contributed by atoms with Crippen molar-refractivity contribution in [2.45, 2.75) is 31.5 Å². The molecule has 0 radical (unpaired) electrons. The highest BCUT2D eigenvalue weighted by Gasteiger charge is 2.53. The highest BCUT2D eigenvalue weighted by molar-refractivity contribution is 5.82. The molecule has 3 fully saturated rings. The van der Waals surface area contributed by atoms with Crippen LogP contribution >= 0.6 is 0 Å². The fourth-order valence-electron chi connectivity index (χ4n) is 5.96. The number of quaternary nitrogens is 1. The second-order valence-electron chi connectivity index (χ2n) is 9.03. The molecule has 0 spiro atoms. The van der Waals surface area contributed by atoms with Crippen molar-refractivity contribution < 1.29 is 31.0 Å². The molecule has 3 nitrogen and oxygen atoms in total. The van der Waals surface area contributed by atoms with Crippen LogP contribution in [0.25, 0.3) is 10.9 Å². The maximum atomic E-state index is 13.9. The average Bonchev–Trinajstić information content (AvgIpc) is 2.78. The first kappa shape index (κ1) is 22.1. The second kappa shape index (κ2) is 8.81. The van der Waals surface area contributed by atoms with Crippen LogP contribution in [-0.4, -0.2) is 33.7 Å². The summed E-state index contributed by atoms with van der Waals surface area (Å²) in [6, 6.07) is 17.0. The average molecular weight is 483 g/mol. The molecule has 31 heavy (non-hydrogen) atoms. The Labute approximate surface area is 193 Å². The van der Waals surface area contributed by atoms with Gasteiger partial charge in [-0.2, -0.15) is 0 Å².